The molecule has 2 heterocycles. The Kier molecular flexibility index (Phi) is 7.84. The second-order valence-electron chi connectivity index (χ2n) is 8.74. The highest BCUT2D eigenvalue weighted by atomic mass is 16.5. The monoisotopic (exact) mass is 481 g/mol. The molecular formula is C25H31N5O5. The number of aromatic nitrogens is 1. The third-order valence-corrected chi connectivity index (χ3v) is 5.90. The van der Waals surface area contributed by atoms with Crippen molar-refractivity contribution in [3.05, 3.63) is 64.1 Å². The van der Waals surface area contributed by atoms with Gasteiger partial charge in [0.15, 0.2) is 5.58 Å². The van der Waals surface area contributed by atoms with Crippen molar-refractivity contribution < 1.29 is 18.7 Å². The van der Waals surface area contributed by atoms with Crippen molar-refractivity contribution in [2.24, 2.45) is 0 Å². The Morgan fingerprint density at radius 3 is 2.71 bits per heavy atom. The third-order valence-electron chi connectivity index (χ3n) is 5.90. The molecule has 0 spiro atoms. The van der Waals surface area contributed by atoms with Crippen LogP contribution in [0.15, 0.2) is 51.7 Å². The van der Waals surface area contributed by atoms with Crippen LogP contribution in [0, 0.1) is 0 Å². The highest BCUT2D eigenvalue weighted by Gasteiger charge is 2.15. The van der Waals surface area contributed by atoms with E-state index in [9.17, 15) is 14.4 Å². The lowest BCUT2D eigenvalue weighted by molar-refractivity contribution is 0.0827. The minimum Gasteiger partial charge on any atom is -0.449 e. The number of hydrogen-bond donors (Lipinski definition) is 2. The van der Waals surface area contributed by atoms with Gasteiger partial charge in [0.1, 0.15) is 0 Å². The summed E-state index contributed by atoms with van der Waals surface area (Å²) in [6.07, 6.45) is 0.266. The Balaban J connectivity index is 1.37. The SMILES string of the molecule is CN(C)C(=O)c1ccc2oc(=O)n(Cc3cccc(NC(=O)OCCCN4CCNCC4)c3)c2c1. The summed E-state index contributed by atoms with van der Waals surface area (Å²) in [7, 11) is 3.34. The maximum absolute atomic E-state index is 12.5. The number of ether oxygens (including phenoxy) is 1. The number of amides is 2. The average Bonchev–Trinajstić information content (AvgIpc) is 3.16. The molecule has 2 aromatic carbocycles. The molecule has 0 bridgehead atoms. The lowest BCUT2D eigenvalue weighted by Crippen LogP contribution is -2.43. The van der Waals surface area contributed by atoms with Gasteiger partial charge in [-0.1, -0.05) is 12.1 Å². The molecule has 35 heavy (non-hydrogen) atoms. The van der Waals surface area contributed by atoms with E-state index in [-0.39, 0.29) is 12.5 Å². The Hall–Kier alpha value is -3.63. The van der Waals surface area contributed by atoms with Crippen LogP contribution in [0.2, 0.25) is 0 Å². The summed E-state index contributed by atoms with van der Waals surface area (Å²) < 4.78 is 12.1. The van der Waals surface area contributed by atoms with Crippen LogP contribution in [-0.4, -0.2) is 79.8 Å². The number of hydrogen-bond acceptors (Lipinski definition) is 7. The van der Waals surface area contributed by atoms with Gasteiger partial charge in [0.05, 0.1) is 18.7 Å². The van der Waals surface area contributed by atoms with Gasteiger partial charge >= 0.3 is 11.8 Å². The molecule has 0 unspecified atom stereocenters. The number of carbonyl (C=O) groups excluding carboxylic acids is 2. The van der Waals surface area contributed by atoms with Gasteiger partial charge in [-0.15, -0.1) is 0 Å². The van der Waals surface area contributed by atoms with E-state index < -0.39 is 11.8 Å². The van der Waals surface area contributed by atoms with E-state index in [0.29, 0.717) is 29.0 Å². The van der Waals surface area contributed by atoms with Crippen LogP contribution < -0.4 is 16.4 Å². The van der Waals surface area contributed by atoms with Crippen LogP contribution in [0.5, 0.6) is 0 Å². The number of piperazine rings is 1. The Labute approximate surface area is 203 Å². The van der Waals surface area contributed by atoms with Gasteiger partial charge in [-0.05, 0) is 42.3 Å². The smallest absolute Gasteiger partial charge is 0.420 e. The Morgan fingerprint density at radius 2 is 1.94 bits per heavy atom. The normalized spacial score (nSPS) is 14.1. The third kappa shape index (κ3) is 6.28. The first kappa shape index (κ1) is 24.5. The van der Waals surface area contributed by atoms with Crippen LogP contribution in [0.4, 0.5) is 10.5 Å². The lowest BCUT2D eigenvalue weighted by Gasteiger charge is -2.26. The molecule has 0 atom stereocenters. The van der Waals surface area contributed by atoms with E-state index in [1.807, 2.05) is 6.07 Å². The van der Waals surface area contributed by atoms with E-state index in [1.54, 1.807) is 50.5 Å². The zero-order valence-corrected chi connectivity index (χ0v) is 20.1. The summed E-state index contributed by atoms with van der Waals surface area (Å²) in [6, 6.07) is 12.1. The predicted octanol–water partition coefficient (Wildman–Crippen LogP) is 2.19. The molecule has 2 N–H and O–H groups in total. The van der Waals surface area contributed by atoms with Crippen molar-refractivity contribution in [3.63, 3.8) is 0 Å². The molecule has 0 aliphatic carbocycles. The summed E-state index contributed by atoms with van der Waals surface area (Å²) in [5.41, 5.74) is 2.76. The van der Waals surface area contributed by atoms with Crippen molar-refractivity contribution in [1.82, 2.24) is 19.7 Å². The number of carbonyl (C=O) groups is 2. The highest BCUT2D eigenvalue weighted by Crippen LogP contribution is 2.19. The molecule has 0 radical (unpaired) electrons. The molecule has 186 valence electrons. The van der Waals surface area contributed by atoms with Crippen molar-refractivity contribution in [2.75, 3.05) is 58.7 Å². The lowest BCUT2D eigenvalue weighted by atomic mass is 10.1. The largest absolute Gasteiger partial charge is 0.449 e. The zero-order chi connectivity index (χ0) is 24.8. The predicted molar refractivity (Wildman–Crippen MR) is 133 cm³/mol. The summed E-state index contributed by atoms with van der Waals surface area (Å²) in [6.45, 7) is 5.49. The number of fused-ring (bicyclic) bond motifs is 1. The average molecular weight is 482 g/mol. The summed E-state index contributed by atoms with van der Waals surface area (Å²) in [4.78, 5) is 40.9. The first-order valence-electron chi connectivity index (χ1n) is 11.7. The summed E-state index contributed by atoms with van der Waals surface area (Å²) in [5, 5.41) is 6.06. The number of benzene rings is 2. The standard InChI is InChI=1S/C25H31N5O5/c1-28(2)23(31)19-7-8-22-21(16-19)30(25(33)35-22)17-18-5-3-6-20(15-18)27-24(32)34-14-4-11-29-12-9-26-10-13-29/h3,5-8,15-16,26H,4,9-14,17H2,1-2H3,(H,27,32). The van der Waals surface area contributed by atoms with Crippen LogP contribution in [0.1, 0.15) is 22.3 Å². The van der Waals surface area contributed by atoms with Gasteiger partial charge in [-0.2, -0.15) is 0 Å². The first-order chi connectivity index (χ1) is 16.9. The molecule has 2 amide bonds. The summed E-state index contributed by atoms with van der Waals surface area (Å²) >= 11 is 0. The number of oxazole rings is 1. The van der Waals surface area contributed by atoms with Gasteiger partial charge in [0.2, 0.25) is 0 Å². The fraction of sp³-hybridized carbons (Fsp3) is 0.400. The number of anilines is 1. The van der Waals surface area contributed by atoms with Crippen molar-refractivity contribution in [2.45, 2.75) is 13.0 Å². The second kappa shape index (κ2) is 11.2. The highest BCUT2D eigenvalue weighted by molar-refractivity contribution is 5.96. The molecule has 1 saturated heterocycles. The molecule has 1 aliphatic rings. The van der Waals surface area contributed by atoms with Crippen LogP contribution in [-0.2, 0) is 11.3 Å². The van der Waals surface area contributed by atoms with E-state index in [4.69, 9.17) is 9.15 Å². The van der Waals surface area contributed by atoms with Crippen LogP contribution in [0.25, 0.3) is 11.1 Å². The van der Waals surface area contributed by atoms with Gasteiger partial charge in [-0.3, -0.25) is 14.7 Å². The van der Waals surface area contributed by atoms with Gasteiger partial charge in [-0.25, -0.2) is 9.59 Å². The molecule has 0 saturated carbocycles. The van der Waals surface area contributed by atoms with Crippen molar-refractivity contribution in [1.29, 1.82) is 0 Å². The Bertz CT molecular complexity index is 1240. The first-order valence-corrected chi connectivity index (χ1v) is 11.7. The Morgan fingerprint density at radius 1 is 1.14 bits per heavy atom. The zero-order valence-electron chi connectivity index (χ0n) is 20.1. The fourth-order valence-electron chi connectivity index (χ4n) is 4.07. The minimum absolute atomic E-state index is 0.162. The quantitative estimate of drug-likeness (QED) is 0.475. The number of nitrogens with zero attached hydrogens (tertiary/aromatic N) is 3. The van der Waals surface area contributed by atoms with Crippen molar-refractivity contribution >= 4 is 28.8 Å². The molecule has 1 aliphatic heterocycles. The molecule has 3 aromatic rings. The number of rotatable bonds is 8. The molecule has 10 heteroatoms. The topological polar surface area (TPSA) is 109 Å². The van der Waals surface area contributed by atoms with Gasteiger partial charge < -0.3 is 24.3 Å². The van der Waals surface area contributed by atoms with Crippen LogP contribution in [0.3, 0.4) is 0 Å². The molecule has 10 nitrogen and oxygen atoms in total. The fourth-order valence-corrected chi connectivity index (χ4v) is 4.07. The molecule has 4 rings (SSSR count). The second-order valence-corrected chi connectivity index (χ2v) is 8.74. The maximum atomic E-state index is 12.5. The molecular weight excluding hydrogens is 450 g/mol. The maximum Gasteiger partial charge on any atom is 0.420 e. The number of nitrogens with one attached hydrogen (secondary N) is 2. The van der Waals surface area contributed by atoms with Crippen molar-refractivity contribution in [3.8, 4) is 0 Å². The molecule has 1 fully saturated rings. The van der Waals surface area contributed by atoms with E-state index in [1.165, 1.54) is 9.47 Å². The van der Waals surface area contributed by atoms with E-state index in [2.05, 4.69) is 15.5 Å². The van der Waals surface area contributed by atoms with Gasteiger partial charge in [0.25, 0.3) is 5.91 Å². The summed E-state index contributed by atoms with van der Waals surface area (Å²) in [5.74, 6) is -0.679. The molecule has 1 aromatic heterocycles. The minimum atomic E-state index is -0.517. The van der Waals surface area contributed by atoms with Gasteiger partial charge in [0, 0.05) is 58.1 Å². The van der Waals surface area contributed by atoms with Crippen LogP contribution >= 0.6 is 0 Å². The van der Waals surface area contributed by atoms with E-state index in [0.717, 1.165) is 44.7 Å². The van der Waals surface area contributed by atoms with E-state index >= 15 is 0 Å².